The quantitative estimate of drug-likeness (QED) is 0.715. The van der Waals surface area contributed by atoms with Gasteiger partial charge in [0.1, 0.15) is 17.3 Å². The molecule has 1 aromatic heterocycles. The zero-order valence-electron chi connectivity index (χ0n) is 15.9. The molecule has 0 aliphatic carbocycles. The fourth-order valence-electron chi connectivity index (χ4n) is 3.63. The van der Waals surface area contributed by atoms with Crippen molar-refractivity contribution in [2.45, 2.75) is 18.9 Å². The molecule has 0 atom stereocenters. The average molecular weight is 391 g/mol. The topological polar surface area (TPSA) is 98.1 Å². The van der Waals surface area contributed by atoms with Gasteiger partial charge in [-0.15, -0.1) is 0 Å². The second-order valence-corrected chi connectivity index (χ2v) is 7.16. The molecule has 0 radical (unpaired) electrons. The van der Waals surface area contributed by atoms with E-state index < -0.39 is 5.82 Å². The van der Waals surface area contributed by atoms with Crippen molar-refractivity contribution in [1.29, 1.82) is 0 Å². The maximum Gasteiger partial charge on any atom is 0.254 e. The number of hydrogen-bond donors (Lipinski definition) is 2. The number of nitrogens with two attached hydrogens (primary N) is 2. The van der Waals surface area contributed by atoms with E-state index in [-0.39, 0.29) is 23.3 Å². The van der Waals surface area contributed by atoms with Gasteiger partial charge in [0.2, 0.25) is 0 Å². The SMILES string of the molecule is Nc1nccnc1-c1ccc(-c2ccccc2C(=O)N2CCC(N)CC2)cc1F. The first-order chi connectivity index (χ1) is 14.0. The normalized spacial score (nSPS) is 14.8. The van der Waals surface area contributed by atoms with Crippen molar-refractivity contribution >= 4 is 11.7 Å². The minimum absolute atomic E-state index is 0.0600. The molecule has 3 aromatic rings. The van der Waals surface area contributed by atoms with E-state index in [0.717, 1.165) is 12.8 Å². The summed E-state index contributed by atoms with van der Waals surface area (Å²) in [7, 11) is 0. The number of nitrogen functional groups attached to an aromatic ring is 1. The highest BCUT2D eigenvalue weighted by Gasteiger charge is 2.24. The predicted molar refractivity (Wildman–Crippen MR) is 110 cm³/mol. The number of anilines is 1. The monoisotopic (exact) mass is 391 g/mol. The first-order valence-corrected chi connectivity index (χ1v) is 9.55. The van der Waals surface area contributed by atoms with Gasteiger partial charge in [-0.1, -0.05) is 24.3 Å². The number of halogens is 1. The van der Waals surface area contributed by atoms with Crippen LogP contribution in [-0.4, -0.2) is 39.9 Å². The van der Waals surface area contributed by atoms with Gasteiger partial charge in [0, 0.05) is 42.7 Å². The van der Waals surface area contributed by atoms with Crippen molar-refractivity contribution in [2.75, 3.05) is 18.8 Å². The average Bonchev–Trinajstić information content (AvgIpc) is 2.74. The summed E-state index contributed by atoms with van der Waals surface area (Å²) in [6, 6.07) is 12.2. The van der Waals surface area contributed by atoms with Crippen LogP contribution in [0.15, 0.2) is 54.9 Å². The third kappa shape index (κ3) is 3.82. The molecule has 2 heterocycles. The Bertz CT molecular complexity index is 1050. The Labute approximate surface area is 168 Å². The highest BCUT2D eigenvalue weighted by Crippen LogP contribution is 2.31. The largest absolute Gasteiger partial charge is 0.382 e. The van der Waals surface area contributed by atoms with E-state index in [0.29, 0.717) is 35.5 Å². The minimum Gasteiger partial charge on any atom is -0.382 e. The molecule has 1 aliphatic heterocycles. The molecule has 2 aromatic carbocycles. The van der Waals surface area contributed by atoms with E-state index in [1.54, 1.807) is 18.2 Å². The predicted octanol–water partition coefficient (Wildman–Crippen LogP) is 3.10. The van der Waals surface area contributed by atoms with Crippen LogP contribution in [0.5, 0.6) is 0 Å². The smallest absolute Gasteiger partial charge is 0.254 e. The Balaban J connectivity index is 1.68. The van der Waals surface area contributed by atoms with Crippen LogP contribution in [0.25, 0.3) is 22.4 Å². The molecule has 6 nitrogen and oxygen atoms in total. The first kappa shape index (κ1) is 19.0. The summed E-state index contributed by atoms with van der Waals surface area (Å²) in [5.41, 5.74) is 14.2. The van der Waals surface area contributed by atoms with E-state index in [2.05, 4.69) is 9.97 Å². The van der Waals surface area contributed by atoms with E-state index in [1.807, 2.05) is 23.1 Å². The number of likely N-dealkylation sites (tertiary alicyclic amines) is 1. The summed E-state index contributed by atoms with van der Waals surface area (Å²) < 4.78 is 14.9. The number of aromatic nitrogens is 2. The van der Waals surface area contributed by atoms with Crippen LogP contribution in [0.3, 0.4) is 0 Å². The van der Waals surface area contributed by atoms with Gasteiger partial charge in [-0.3, -0.25) is 9.78 Å². The maximum atomic E-state index is 14.9. The summed E-state index contributed by atoms with van der Waals surface area (Å²) >= 11 is 0. The molecule has 1 saturated heterocycles. The molecule has 148 valence electrons. The Morgan fingerprint density at radius 1 is 1.03 bits per heavy atom. The van der Waals surface area contributed by atoms with Gasteiger partial charge >= 0.3 is 0 Å². The van der Waals surface area contributed by atoms with Crippen molar-refractivity contribution in [3.05, 3.63) is 66.2 Å². The first-order valence-electron chi connectivity index (χ1n) is 9.55. The van der Waals surface area contributed by atoms with Crippen LogP contribution in [-0.2, 0) is 0 Å². The third-order valence-corrected chi connectivity index (χ3v) is 5.25. The highest BCUT2D eigenvalue weighted by atomic mass is 19.1. The van der Waals surface area contributed by atoms with Gasteiger partial charge in [0.25, 0.3) is 5.91 Å². The van der Waals surface area contributed by atoms with Crippen molar-refractivity contribution < 1.29 is 9.18 Å². The molecular weight excluding hydrogens is 369 g/mol. The summed E-state index contributed by atoms with van der Waals surface area (Å²) in [6.45, 7) is 1.27. The van der Waals surface area contributed by atoms with E-state index in [9.17, 15) is 9.18 Å². The molecule has 29 heavy (non-hydrogen) atoms. The number of nitrogens with zero attached hydrogens (tertiary/aromatic N) is 3. The van der Waals surface area contributed by atoms with Crippen LogP contribution >= 0.6 is 0 Å². The second-order valence-electron chi connectivity index (χ2n) is 7.16. The lowest BCUT2D eigenvalue weighted by molar-refractivity contribution is 0.0715. The van der Waals surface area contributed by atoms with Crippen molar-refractivity contribution in [2.24, 2.45) is 5.73 Å². The molecule has 1 amide bonds. The van der Waals surface area contributed by atoms with E-state index in [1.165, 1.54) is 18.5 Å². The van der Waals surface area contributed by atoms with Gasteiger partial charge in [-0.05, 0) is 42.2 Å². The zero-order valence-corrected chi connectivity index (χ0v) is 15.9. The third-order valence-electron chi connectivity index (χ3n) is 5.25. The van der Waals surface area contributed by atoms with Gasteiger partial charge < -0.3 is 16.4 Å². The van der Waals surface area contributed by atoms with Gasteiger partial charge in [-0.25, -0.2) is 9.37 Å². The number of rotatable bonds is 3. The summed E-state index contributed by atoms with van der Waals surface area (Å²) in [5.74, 6) is -0.367. The number of carbonyl (C=O) groups is 1. The van der Waals surface area contributed by atoms with Crippen molar-refractivity contribution in [1.82, 2.24) is 14.9 Å². The maximum absolute atomic E-state index is 14.9. The molecule has 0 spiro atoms. The van der Waals surface area contributed by atoms with Crippen LogP contribution in [0.2, 0.25) is 0 Å². The molecule has 1 fully saturated rings. The fraction of sp³-hybridized carbons (Fsp3) is 0.227. The Morgan fingerprint density at radius 2 is 1.76 bits per heavy atom. The lowest BCUT2D eigenvalue weighted by atomic mass is 9.96. The Morgan fingerprint density at radius 3 is 2.48 bits per heavy atom. The highest BCUT2D eigenvalue weighted by molar-refractivity contribution is 6.01. The number of hydrogen-bond acceptors (Lipinski definition) is 5. The molecule has 0 bridgehead atoms. The van der Waals surface area contributed by atoms with Crippen LogP contribution in [0.1, 0.15) is 23.2 Å². The lowest BCUT2D eigenvalue weighted by Crippen LogP contribution is -2.43. The number of benzene rings is 2. The molecule has 4 rings (SSSR count). The van der Waals surface area contributed by atoms with Crippen LogP contribution < -0.4 is 11.5 Å². The molecule has 0 saturated carbocycles. The van der Waals surface area contributed by atoms with E-state index >= 15 is 0 Å². The fourth-order valence-corrected chi connectivity index (χ4v) is 3.63. The van der Waals surface area contributed by atoms with Crippen molar-refractivity contribution in [3.63, 3.8) is 0 Å². The van der Waals surface area contributed by atoms with Crippen LogP contribution in [0.4, 0.5) is 10.2 Å². The van der Waals surface area contributed by atoms with Gasteiger partial charge in [-0.2, -0.15) is 0 Å². The summed E-state index contributed by atoms with van der Waals surface area (Å²) in [6.07, 6.45) is 4.51. The zero-order chi connectivity index (χ0) is 20.4. The molecule has 7 heteroatoms. The summed E-state index contributed by atoms with van der Waals surface area (Å²) in [4.78, 5) is 23.0. The van der Waals surface area contributed by atoms with E-state index in [4.69, 9.17) is 11.5 Å². The second kappa shape index (κ2) is 7.97. The minimum atomic E-state index is -0.471. The number of piperidine rings is 1. The van der Waals surface area contributed by atoms with Gasteiger partial charge in [0.05, 0.1) is 0 Å². The van der Waals surface area contributed by atoms with Crippen LogP contribution in [0, 0.1) is 5.82 Å². The molecule has 1 aliphatic rings. The molecule has 4 N–H and O–H groups in total. The Kier molecular flexibility index (Phi) is 5.22. The Hall–Kier alpha value is -3.32. The molecule has 0 unspecified atom stereocenters. The number of amides is 1. The van der Waals surface area contributed by atoms with Crippen molar-refractivity contribution in [3.8, 4) is 22.4 Å². The lowest BCUT2D eigenvalue weighted by Gasteiger charge is -2.30. The number of carbonyl (C=O) groups excluding carboxylic acids is 1. The molecular formula is C22H22FN5O. The van der Waals surface area contributed by atoms with Gasteiger partial charge in [0.15, 0.2) is 0 Å². The summed E-state index contributed by atoms with van der Waals surface area (Å²) in [5, 5.41) is 0. The standard InChI is InChI=1S/C22H22FN5O/c23-19-13-14(5-6-18(19)20-21(25)27-10-9-26-20)16-3-1-2-4-17(16)22(29)28-11-7-15(24)8-12-28/h1-6,9-10,13,15H,7-8,11-12,24H2,(H2,25,27).